The number of hydrogen-bond donors (Lipinski definition) is 0. The zero-order valence-electron chi connectivity index (χ0n) is 26.0. The van der Waals surface area contributed by atoms with Crippen molar-refractivity contribution in [2.45, 2.75) is 63.8 Å². The predicted octanol–water partition coefficient (Wildman–Crippen LogP) is 6.78. The van der Waals surface area contributed by atoms with E-state index in [1.54, 1.807) is 51.1 Å². The number of nitrogens with zero attached hydrogens (tertiary/aromatic N) is 6. The van der Waals surface area contributed by atoms with E-state index < -0.39 is 47.8 Å². The van der Waals surface area contributed by atoms with Crippen molar-refractivity contribution in [3.05, 3.63) is 66.1 Å². The van der Waals surface area contributed by atoms with Crippen molar-refractivity contribution in [3.63, 3.8) is 0 Å². The third-order valence-corrected chi connectivity index (χ3v) is 7.96. The van der Waals surface area contributed by atoms with Crippen LogP contribution in [0.15, 0.2) is 55.0 Å². The molecule has 2 aliphatic heterocycles. The molecule has 0 radical (unpaired) electrons. The van der Waals surface area contributed by atoms with E-state index in [2.05, 4.69) is 15.1 Å². The zero-order chi connectivity index (χ0) is 33.7. The van der Waals surface area contributed by atoms with Crippen molar-refractivity contribution in [2.24, 2.45) is 0 Å². The molecule has 3 aromatic heterocycles. The van der Waals surface area contributed by atoms with Crippen LogP contribution in [0.3, 0.4) is 0 Å². The van der Waals surface area contributed by atoms with Crippen LogP contribution in [-0.2, 0) is 16.0 Å². The van der Waals surface area contributed by atoms with Crippen LogP contribution in [0.4, 0.5) is 33.0 Å². The van der Waals surface area contributed by atoms with Crippen LogP contribution in [0, 0.1) is 0 Å². The Morgan fingerprint density at radius 3 is 2.49 bits per heavy atom. The lowest BCUT2D eigenvalue weighted by Gasteiger charge is -2.36. The van der Waals surface area contributed by atoms with Gasteiger partial charge in [-0.1, -0.05) is 12.1 Å². The van der Waals surface area contributed by atoms with Crippen LogP contribution in [0.2, 0.25) is 0 Å². The molecular formula is C32H32F4N6O5. The van der Waals surface area contributed by atoms with Gasteiger partial charge in [0.2, 0.25) is 6.10 Å². The van der Waals surface area contributed by atoms with Gasteiger partial charge in [-0.2, -0.15) is 18.3 Å². The zero-order valence-corrected chi connectivity index (χ0v) is 26.0. The first-order valence-corrected chi connectivity index (χ1v) is 14.9. The third kappa shape index (κ3) is 6.25. The number of carbonyl (C=O) groups excluding carboxylic acids is 2. The third-order valence-electron chi connectivity index (χ3n) is 7.96. The van der Waals surface area contributed by atoms with Gasteiger partial charge >= 0.3 is 18.4 Å². The average Bonchev–Trinajstić information content (AvgIpc) is 3.40. The number of rotatable bonds is 5. The summed E-state index contributed by atoms with van der Waals surface area (Å²) in [5.74, 6) is 0.332. The Kier molecular flexibility index (Phi) is 8.18. The summed E-state index contributed by atoms with van der Waals surface area (Å²) in [7, 11) is 1.50. The smallest absolute Gasteiger partial charge is 0.430 e. The van der Waals surface area contributed by atoms with Gasteiger partial charge < -0.3 is 19.1 Å². The molecule has 11 nitrogen and oxygen atoms in total. The topological polar surface area (TPSA) is 112 Å². The molecule has 248 valence electrons. The van der Waals surface area contributed by atoms with E-state index in [9.17, 15) is 22.8 Å². The lowest BCUT2D eigenvalue weighted by Crippen LogP contribution is -2.47. The number of halogens is 4. The molecule has 3 atom stereocenters. The van der Waals surface area contributed by atoms with Gasteiger partial charge in [-0.05, 0) is 57.0 Å². The second kappa shape index (κ2) is 12.0. The molecule has 0 aliphatic carbocycles. The molecule has 0 saturated carbocycles. The minimum atomic E-state index is -4.98. The van der Waals surface area contributed by atoms with Gasteiger partial charge in [0, 0.05) is 29.9 Å². The Morgan fingerprint density at radius 1 is 1.09 bits per heavy atom. The number of methoxy groups -OCH3 is 1. The van der Waals surface area contributed by atoms with Crippen molar-refractivity contribution in [3.8, 4) is 17.0 Å². The van der Waals surface area contributed by atoms with E-state index in [4.69, 9.17) is 14.2 Å². The number of fused-ring (bicyclic) bond motifs is 2. The average molecular weight is 657 g/mol. The standard InChI is InChI=1S/C32H32F4N6O5/c1-31(2,3)47-29(43)40-14-11-23(22(33)17-40)42-24-15-37-12-9-20(24)26(39-42)21-10-13-38-28-25(21)27(32(34,35)36)46-30(44)41(28)16-18-5-7-19(45-4)8-6-18/h5-10,12-13,15,22-23,27H,11,14,16-17H2,1-4H3/t22-,23+,27-/m1/s1. The Bertz CT molecular complexity index is 1810. The molecule has 15 heteroatoms. The summed E-state index contributed by atoms with van der Waals surface area (Å²) in [4.78, 5) is 36.3. The highest BCUT2D eigenvalue weighted by atomic mass is 19.4. The van der Waals surface area contributed by atoms with E-state index in [0.717, 1.165) is 4.90 Å². The number of cyclic esters (lactones) is 1. The molecule has 0 N–H and O–H groups in total. The summed E-state index contributed by atoms with van der Waals surface area (Å²) in [6.07, 6.45) is -6.64. The van der Waals surface area contributed by atoms with Gasteiger partial charge in [-0.25, -0.2) is 19.0 Å². The monoisotopic (exact) mass is 656 g/mol. The molecule has 1 fully saturated rings. The fourth-order valence-electron chi connectivity index (χ4n) is 5.83. The fraction of sp³-hybridized carbons (Fsp3) is 0.406. The van der Waals surface area contributed by atoms with Gasteiger partial charge in [0.05, 0.1) is 43.5 Å². The maximum absolute atomic E-state index is 15.8. The van der Waals surface area contributed by atoms with Crippen LogP contribution in [0.5, 0.6) is 5.75 Å². The molecule has 2 amide bonds. The molecule has 0 bridgehead atoms. The molecule has 4 aromatic rings. The Balaban J connectivity index is 1.41. The van der Waals surface area contributed by atoms with Crippen LogP contribution in [0.25, 0.3) is 22.2 Å². The number of pyridine rings is 2. The molecule has 1 aromatic carbocycles. The van der Waals surface area contributed by atoms with Crippen LogP contribution in [-0.4, -0.2) is 75.0 Å². The summed E-state index contributed by atoms with van der Waals surface area (Å²) in [6.45, 7) is 4.94. The lowest BCUT2D eigenvalue weighted by atomic mass is 9.97. The van der Waals surface area contributed by atoms with Gasteiger partial charge in [0.25, 0.3) is 0 Å². The number of ether oxygens (including phenoxy) is 3. The number of hydrogen-bond acceptors (Lipinski definition) is 8. The van der Waals surface area contributed by atoms with Crippen LogP contribution < -0.4 is 9.64 Å². The summed E-state index contributed by atoms with van der Waals surface area (Å²) >= 11 is 0. The molecular weight excluding hydrogens is 624 g/mol. The number of likely N-dealkylation sites (tertiary alicyclic amines) is 1. The predicted molar refractivity (Wildman–Crippen MR) is 162 cm³/mol. The van der Waals surface area contributed by atoms with E-state index in [1.165, 1.54) is 41.3 Å². The fourth-order valence-corrected chi connectivity index (χ4v) is 5.83. The summed E-state index contributed by atoms with van der Waals surface area (Å²) in [6, 6.07) is 8.77. The second-order valence-corrected chi connectivity index (χ2v) is 12.3. The van der Waals surface area contributed by atoms with Crippen molar-refractivity contribution in [1.29, 1.82) is 0 Å². The summed E-state index contributed by atoms with van der Waals surface area (Å²) in [5.41, 5.74) is -0.0417. The lowest BCUT2D eigenvalue weighted by molar-refractivity contribution is -0.207. The number of alkyl halides is 4. The first-order chi connectivity index (χ1) is 22.2. The highest BCUT2D eigenvalue weighted by Gasteiger charge is 2.51. The van der Waals surface area contributed by atoms with Crippen LogP contribution in [0.1, 0.15) is 50.5 Å². The molecule has 5 heterocycles. The molecule has 0 spiro atoms. The maximum atomic E-state index is 15.8. The van der Waals surface area contributed by atoms with E-state index >= 15 is 4.39 Å². The van der Waals surface area contributed by atoms with E-state index in [0.29, 0.717) is 22.2 Å². The quantitative estimate of drug-likeness (QED) is 0.216. The summed E-state index contributed by atoms with van der Waals surface area (Å²) in [5, 5.41) is 5.08. The normalized spacial score (nSPS) is 20.2. The number of aromatic nitrogens is 4. The first kappa shape index (κ1) is 32.0. The maximum Gasteiger partial charge on any atom is 0.430 e. The number of anilines is 1. The van der Waals surface area contributed by atoms with Gasteiger partial charge in [-0.3, -0.25) is 14.6 Å². The second-order valence-electron chi connectivity index (χ2n) is 12.3. The molecule has 1 saturated heterocycles. The molecule has 2 aliphatic rings. The number of benzene rings is 1. The largest absolute Gasteiger partial charge is 0.497 e. The molecule has 0 unspecified atom stereocenters. The highest BCUT2D eigenvalue weighted by molar-refractivity contribution is 5.97. The van der Waals surface area contributed by atoms with Crippen molar-refractivity contribution >= 4 is 28.9 Å². The van der Waals surface area contributed by atoms with Gasteiger partial charge in [-0.15, -0.1) is 0 Å². The van der Waals surface area contributed by atoms with Crippen molar-refractivity contribution in [1.82, 2.24) is 24.6 Å². The van der Waals surface area contributed by atoms with Crippen molar-refractivity contribution < 1.29 is 41.4 Å². The Morgan fingerprint density at radius 2 is 1.83 bits per heavy atom. The first-order valence-electron chi connectivity index (χ1n) is 14.9. The van der Waals surface area contributed by atoms with Crippen LogP contribution >= 0.6 is 0 Å². The number of carbonyl (C=O) groups is 2. The van der Waals surface area contributed by atoms with Gasteiger partial charge in [0.15, 0.2) is 0 Å². The molecule has 47 heavy (non-hydrogen) atoms. The number of piperidine rings is 1. The Hall–Kier alpha value is -4.95. The van der Waals surface area contributed by atoms with E-state index in [-0.39, 0.29) is 43.1 Å². The van der Waals surface area contributed by atoms with E-state index in [1.807, 2.05) is 0 Å². The SMILES string of the molecule is COc1ccc(CN2C(=O)O[C@@H](C(F)(F)F)c3c(-c4nn([C@H]5CCN(C(=O)OC(C)(C)C)C[C@H]5F)c5cnccc45)ccnc32)cc1. The highest BCUT2D eigenvalue weighted by Crippen LogP contribution is 2.48. The minimum Gasteiger partial charge on any atom is -0.497 e. The summed E-state index contributed by atoms with van der Waals surface area (Å²) < 4.78 is 76.4. The van der Waals surface area contributed by atoms with Crippen molar-refractivity contribution in [2.75, 3.05) is 25.1 Å². The Labute approximate surface area is 267 Å². The number of amides is 2. The minimum absolute atomic E-state index is 0.0149. The van der Waals surface area contributed by atoms with Gasteiger partial charge in [0.1, 0.15) is 29.0 Å². The molecule has 6 rings (SSSR count).